The van der Waals surface area contributed by atoms with Crippen LogP contribution < -0.4 is 10.1 Å². The molecule has 1 aliphatic rings. The van der Waals surface area contributed by atoms with Crippen molar-refractivity contribution in [3.05, 3.63) is 53.6 Å². The van der Waals surface area contributed by atoms with Crippen LogP contribution in [0.2, 0.25) is 0 Å². The lowest BCUT2D eigenvalue weighted by Gasteiger charge is -2.41. The molecule has 178 valence electrons. The molecule has 1 saturated heterocycles. The third kappa shape index (κ3) is 4.84. The highest BCUT2D eigenvalue weighted by atomic mass is 19.4. The lowest BCUT2D eigenvalue weighted by atomic mass is 9.79. The van der Waals surface area contributed by atoms with Crippen molar-refractivity contribution < 1.29 is 23.0 Å². The van der Waals surface area contributed by atoms with Crippen molar-refractivity contribution in [2.45, 2.75) is 70.4 Å². The zero-order valence-electron chi connectivity index (χ0n) is 19.1. The van der Waals surface area contributed by atoms with Crippen LogP contribution in [0, 0.1) is 6.92 Å². The number of alkyl halides is 3. The third-order valence-corrected chi connectivity index (χ3v) is 6.15. The number of pyridine rings is 1. The fraction of sp³-hybridized carbons (Fsp3) is 0.500. The second-order valence-corrected chi connectivity index (χ2v) is 9.29. The molecule has 6 nitrogen and oxygen atoms in total. The van der Waals surface area contributed by atoms with E-state index in [2.05, 4.69) is 15.3 Å². The second kappa shape index (κ2) is 8.61. The summed E-state index contributed by atoms with van der Waals surface area (Å²) in [6, 6.07) is 5.87. The van der Waals surface area contributed by atoms with Crippen LogP contribution in [0.1, 0.15) is 56.5 Å². The van der Waals surface area contributed by atoms with Gasteiger partial charge in [0, 0.05) is 41.6 Å². The molecule has 0 aliphatic carbocycles. The zero-order valence-corrected chi connectivity index (χ0v) is 19.1. The minimum absolute atomic E-state index is 0.00592. The molecule has 1 aliphatic heterocycles. The number of rotatable bonds is 5. The van der Waals surface area contributed by atoms with E-state index in [-0.39, 0.29) is 41.5 Å². The van der Waals surface area contributed by atoms with E-state index in [1.165, 1.54) is 17.0 Å². The maximum absolute atomic E-state index is 13.8. The fourth-order valence-electron chi connectivity index (χ4n) is 4.64. The van der Waals surface area contributed by atoms with Crippen molar-refractivity contribution in [2.75, 3.05) is 6.61 Å². The van der Waals surface area contributed by atoms with Gasteiger partial charge in [0.2, 0.25) is 0 Å². The summed E-state index contributed by atoms with van der Waals surface area (Å²) in [7, 11) is 0. The topological polar surface area (TPSA) is 72.2 Å². The number of aliphatic hydroxyl groups is 1. The third-order valence-electron chi connectivity index (χ3n) is 6.15. The molecule has 3 aromatic rings. The maximum Gasteiger partial charge on any atom is 0.418 e. The fourth-order valence-corrected chi connectivity index (χ4v) is 4.64. The normalized spacial score (nSPS) is 23.9. The lowest BCUT2D eigenvalue weighted by molar-refractivity contribution is -0.136. The first kappa shape index (κ1) is 23.5. The summed E-state index contributed by atoms with van der Waals surface area (Å²) in [4.78, 5) is 8.46. The number of ether oxygens (including phenoxy) is 1. The van der Waals surface area contributed by atoms with E-state index >= 15 is 0 Å². The molecule has 1 aromatic carbocycles. The molecule has 0 bridgehead atoms. The van der Waals surface area contributed by atoms with Crippen LogP contribution in [0.5, 0.6) is 5.75 Å². The van der Waals surface area contributed by atoms with Crippen LogP contribution in [0.3, 0.4) is 0 Å². The number of nitrogens with zero attached hydrogens (tertiary/aromatic N) is 3. The van der Waals surface area contributed by atoms with Gasteiger partial charge in [-0.05, 0) is 52.7 Å². The molecule has 3 unspecified atom stereocenters. The number of nitrogens with one attached hydrogen (secondary N) is 1. The molecule has 2 aromatic heterocycles. The van der Waals surface area contributed by atoms with E-state index in [1.54, 1.807) is 6.20 Å². The van der Waals surface area contributed by atoms with Crippen molar-refractivity contribution in [3.63, 3.8) is 0 Å². The Hall–Kier alpha value is -2.65. The standard InChI is InChI=1S/C24H29F3N4O2/c1-14(2)31-13-29-21-8-19(7-20(22(21)31)24(25,26)27)33-12-18-10-23(32,9-16(4)30-18)17-6-5-15(3)28-11-17/h5-8,11,13-14,16,18,30,32H,9-10,12H2,1-4H3. The number of halogens is 3. The van der Waals surface area contributed by atoms with Crippen molar-refractivity contribution in [1.82, 2.24) is 19.9 Å². The number of benzene rings is 1. The Bertz CT molecular complexity index is 1130. The molecule has 3 atom stereocenters. The van der Waals surface area contributed by atoms with Gasteiger partial charge in [-0.25, -0.2) is 4.98 Å². The van der Waals surface area contributed by atoms with Crippen molar-refractivity contribution >= 4 is 11.0 Å². The maximum atomic E-state index is 13.8. The van der Waals surface area contributed by atoms with Crippen molar-refractivity contribution in [1.29, 1.82) is 0 Å². The highest BCUT2D eigenvalue weighted by molar-refractivity contribution is 5.81. The molecule has 4 rings (SSSR count). The molecular formula is C24H29F3N4O2. The number of hydrogen-bond donors (Lipinski definition) is 2. The first-order valence-corrected chi connectivity index (χ1v) is 11.1. The summed E-state index contributed by atoms with van der Waals surface area (Å²) in [5.74, 6) is 0.101. The van der Waals surface area contributed by atoms with Crippen LogP contribution in [0.4, 0.5) is 13.2 Å². The quantitative estimate of drug-likeness (QED) is 0.573. The number of piperidine rings is 1. The average molecular weight is 463 g/mol. The first-order chi connectivity index (χ1) is 15.5. The van der Waals surface area contributed by atoms with Crippen molar-refractivity contribution in [3.8, 4) is 5.75 Å². The number of fused-ring (bicyclic) bond motifs is 1. The molecule has 0 spiro atoms. The van der Waals surface area contributed by atoms with Gasteiger partial charge in [-0.15, -0.1) is 0 Å². The van der Waals surface area contributed by atoms with E-state index in [9.17, 15) is 18.3 Å². The van der Waals surface area contributed by atoms with Crippen molar-refractivity contribution in [2.24, 2.45) is 0 Å². The second-order valence-electron chi connectivity index (χ2n) is 9.29. The monoisotopic (exact) mass is 462 g/mol. The Labute approximate surface area is 190 Å². The number of aryl methyl sites for hydroxylation is 1. The molecular weight excluding hydrogens is 433 g/mol. The predicted molar refractivity (Wildman–Crippen MR) is 119 cm³/mol. The largest absolute Gasteiger partial charge is 0.492 e. The van der Waals surface area contributed by atoms with Gasteiger partial charge >= 0.3 is 6.18 Å². The minimum atomic E-state index is -4.54. The zero-order chi connectivity index (χ0) is 24.0. The highest BCUT2D eigenvalue weighted by Gasteiger charge is 2.40. The minimum Gasteiger partial charge on any atom is -0.492 e. The molecule has 2 N–H and O–H groups in total. The van der Waals surface area contributed by atoms with Gasteiger partial charge in [0.05, 0.1) is 28.5 Å². The predicted octanol–water partition coefficient (Wildman–Crippen LogP) is 4.75. The highest BCUT2D eigenvalue weighted by Crippen LogP contribution is 2.39. The molecule has 0 amide bonds. The van der Waals surface area contributed by atoms with Gasteiger partial charge in [-0.2, -0.15) is 13.2 Å². The Kier molecular flexibility index (Phi) is 6.13. The Morgan fingerprint density at radius 3 is 2.64 bits per heavy atom. The van der Waals surface area contributed by atoms with Gasteiger partial charge < -0.3 is 19.7 Å². The van der Waals surface area contributed by atoms with Crippen LogP contribution >= 0.6 is 0 Å². The molecule has 0 radical (unpaired) electrons. The smallest absolute Gasteiger partial charge is 0.418 e. The van der Waals surface area contributed by atoms with E-state index in [0.717, 1.165) is 17.3 Å². The SMILES string of the molecule is Cc1ccc(C2(O)CC(C)NC(COc3cc(C(F)(F)F)c4c(c3)ncn4C(C)C)C2)cn1. The molecule has 33 heavy (non-hydrogen) atoms. The summed E-state index contributed by atoms with van der Waals surface area (Å²) in [6.07, 6.45) is -0.571. The van der Waals surface area contributed by atoms with Crippen LogP contribution in [0.25, 0.3) is 11.0 Å². The van der Waals surface area contributed by atoms with E-state index in [1.807, 2.05) is 39.8 Å². The van der Waals surface area contributed by atoms with Gasteiger partial charge in [0.25, 0.3) is 0 Å². The molecule has 1 fully saturated rings. The van der Waals surface area contributed by atoms with Crippen LogP contribution in [-0.2, 0) is 11.8 Å². The van der Waals surface area contributed by atoms with E-state index in [4.69, 9.17) is 4.74 Å². The van der Waals surface area contributed by atoms with Gasteiger partial charge in [-0.3, -0.25) is 4.98 Å². The Morgan fingerprint density at radius 1 is 1.24 bits per heavy atom. The summed E-state index contributed by atoms with van der Waals surface area (Å²) < 4.78 is 48.8. The molecule has 0 saturated carbocycles. The summed E-state index contributed by atoms with van der Waals surface area (Å²) in [5, 5.41) is 14.7. The van der Waals surface area contributed by atoms with Gasteiger partial charge in [0.15, 0.2) is 0 Å². The van der Waals surface area contributed by atoms with Gasteiger partial charge in [-0.1, -0.05) is 6.07 Å². The molecule has 9 heteroatoms. The van der Waals surface area contributed by atoms with E-state index in [0.29, 0.717) is 12.8 Å². The summed E-state index contributed by atoms with van der Waals surface area (Å²) in [6.45, 7) is 7.58. The summed E-state index contributed by atoms with van der Waals surface area (Å²) in [5.41, 5.74) is 0.0207. The average Bonchev–Trinajstić information content (AvgIpc) is 3.15. The lowest BCUT2D eigenvalue weighted by Crippen LogP contribution is -2.53. The molecule has 3 heterocycles. The number of imidazole rings is 1. The van der Waals surface area contributed by atoms with Gasteiger partial charge in [0.1, 0.15) is 12.4 Å². The van der Waals surface area contributed by atoms with Crippen LogP contribution in [-0.4, -0.2) is 38.3 Å². The number of hydrogen-bond acceptors (Lipinski definition) is 5. The Morgan fingerprint density at radius 2 is 2.00 bits per heavy atom. The first-order valence-electron chi connectivity index (χ1n) is 11.1. The van der Waals surface area contributed by atoms with E-state index < -0.39 is 17.3 Å². The summed E-state index contributed by atoms with van der Waals surface area (Å²) >= 11 is 0. The van der Waals surface area contributed by atoms with Crippen LogP contribution in [0.15, 0.2) is 36.8 Å². The Balaban J connectivity index is 1.57. The number of aromatic nitrogens is 3.